The van der Waals surface area contributed by atoms with Gasteiger partial charge in [0.25, 0.3) is 0 Å². The summed E-state index contributed by atoms with van der Waals surface area (Å²) in [5, 5.41) is 16.8. The summed E-state index contributed by atoms with van der Waals surface area (Å²) in [4.78, 5) is 31.6. The van der Waals surface area contributed by atoms with Gasteiger partial charge in [0.2, 0.25) is 17.5 Å². The van der Waals surface area contributed by atoms with Gasteiger partial charge in [-0.15, -0.1) is 0 Å². The highest BCUT2D eigenvalue weighted by Gasteiger charge is 2.25. The number of rotatable bonds is 8. The fourth-order valence-corrected chi connectivity index (χ4v) is 1.72. The summed E-state index contributed by atoms with van der Waals surface area (Å²) in [6, 6.07) is 0. The van der Waals surface area contributed by atoms with E-state index in [9.17, 15) is 14.9 Å². The third kappa shape index (κ3) is 4.55. The first kappa shape index (κ1) is 16.6. The molecule has 0 saturated heterocycles. The van der Waals surface area contributed by atoms with Crippen molar-refractivity contribution in [3.8, 4) is 0 Å². The topological polar surface area (TPSA) is 113 Å². The van der Waals surface area contributed by atoms with Gasteiger partial charge in [-0.05, 0) is 13.3 Å². The molecule has 1 rings (SSSR count). The molecule has 1 aromatic heterocycles. The van der Waals surface area contributed by atoms with Crippen LogP contribution < -0.4 is 15.5 Å². The third-order valence-electron chi connectivity index (χ3n) is 2.64. The predicted octanol–water partition coefficient (Wildman–Crippen LogP) is 0.779. The lowest BCUT2D eigenvalue weighted by Crippen LogP contribution is -2.36. The molecule has 116 valence electrons. The van der Waals surface area contributed by atoms with Crippen molar-refractivity contribution in [3.05, 3.63) is 16.4 Å². The minimum absolute atomic E-state index is 0.0105. The Morgan fingerprint density at radius 1 is 1.43 bits per heavy atom. The number of likely N-dealkylation sites (N-methyl/N-ethyl adjacent to an activating group) is 1. The average molecular weight is 296 g/mol. The van der Waals surface area contributed by atoms with Gasteiger partial charge < -0.3 is 15.5 Å². The fourth-order valence-electron chi connectivity index (χ4n) is 1.72. The molecule has 0 aromatic carbocycles. The van der Waals surface area contributed by atoms with Crippen LogP contribution in [0.1, 0.15) is 20.3 Å². The van der Waals surface area contributed by atoms with E-state index >= 15 is 0 Å². The molecule has 1 aromatic rings. The van der Waals surface area contributed by atoms with Gasteiger partial charge in [-0.3, -0.25) is 14.9 Å². The molecule has 21 heavy (non-hydrogen) atoms. The molecule has 9 nitrogen and oxygen atoms in total. The minimum Gasteiger partial charge on any atom is -0.364 e. The second-order valence-electron chi connectivity index (χ2n) is 4.39. The lowest BCUT2D eigenvalue weighted by Gasteiger charge is -2.18. The Balaban J connectivity index is 2.97. The number of nitrogens with one attached hydrogen (secondary N) is 2. The van der Waals surface area contributed by atoms with Crippen molar-refractivity contribution in [1.82, 2.24) is 15.3 Å². The van der Waals surface area contributed by atoms with Crippen molar-refractivity contribution in [3.63, 3.8) is 0 Å². The average Bonchev–Trinajstić information content (AvgIpc) is 2.44. The molecule has 0 unspecified atom stereocenters. The van der Waals surface area contributed by atoms with Gasteiger partial charge in [0, 0.05) is 20.1 Å². The maximum absolute atomic E-state index is 11.7. The van der Waals surface area contributed by atoms with Gasteiger partial charge in [-0.2, -0.15) is 0 Å². The number of hydrogen-bond donors (Lipinski definition) is 2. The molecule has 0 spiro atoms. The maximum atomic E-state index is 11.7. The molecule has 1 heterocycles. The molecule has 0 atom stereocenters. The quantitative estimate of drug-likeness (QED) is 0.538. The standard InChI is InChI=1S/C12H20N6O3/c1-4-6-14-9(19)7-17(3)12-10(18(20)21)11(13-5-2)15-8-16-12/h8H,4-7H2,1-3H3,(H,14,19)(H,13,15,16). The molecule has 2 N–H and O–H groups in total. The molecular formula is C12H20N6O3. The fraction of sp³-hybridized carbons (Fsp3) is 0.583. The lowest BCUT2D eigenvalue weighted by molar-refractivity contribution is -0.383. The van der Waals surface area contributed by atoms with Crippen molar-refractivity contribution < 1.29 is 9.72 Å². The Morgan fingerprint density at radius 3 is 2.71 bits per heavy atom. The SMILES string of the molecule is CCCNC(=O)CN(C)c1ncnc(NCC)c1[N+](=O)[O-]. The normalized spacial score (nSPS) is 10.0. The number of aromatic nitrogens is 2. The number of amides is 1. The van der Waals surface area contributed by atoms with Gasteiger partial charge in [0.1, 0.15) is 6.33 Å². The summed E-state index contributed by atoms with van der Waals surface area (Å²) in [6.45, 7) is 4.82. The van der Waals surface area contributed by atoms with Crippen molar-refractivity contribution in [2.45, 2.75) is 20.3 Å². The van der Waals surface area contributed by atoms with Crippen LogP contribution in [0.4, 0.5) is 17.3 Å². The van der Waals surface area contributed by atoms with Crippen LogP contribution in [0.25, 0.3) is 0 Å². The number of nitro groups is 1. The monoisotopic (exact) mass is 296 g/mol. The molecule has 1 amide bonds. The summed E-state index contributed by atoms with van der Waals surface area (Å²) in [5.41, 5.74) is -0.231. The van der Waals surface area contributed by atoms with Crippen LogP contribution in [0.5, 0.6) is 0 Å². The Labute approximate surface area is 122 Å². The number of anilines is 2. The van der Waals surface area contributed by atoms with Crippen molar-refractivity contribution in [1.29, 1.82) is 0 Å². The molecule has 0 radical (unpaired) electrons. The van der Waals surface area contributed by atoms with E-state index in [1.54, 1.807) is 7.05 Å². The number of carbonyl (C=O) groups is 1. The molecule has 9 heteroatoms. The van der Waals surface area contributed by atoms with Crippen LogP contribution in [-0.2, 0) is 4.79 Å². The summed E-state index contributed by atoms with van der Waals surface area (Å²) in [6.07, 6.45) is 2.06. The summed E-state index contributed by atoms with van der Waals surface area (Å²) in [5.74, 6) is 0.0446. The van der Waals surface area contributed by atoms with E-state index in [1.807, 2.05) is 13.8 Å². The molecule has 0 fully saturated rings. The Bertz CT molecular complexity index is 508. The first-order chi connectivity index (χ1) is 10.0. The highest BCUT2D eigenvalue weighted by atomic mass is 16.6. The van der Waals surface area contributed by atoms with E-state index in [4.69, 9.17) is 0 Å². The highest BCUT2D eigenvalue weighted by molar-refractivity contribution is 5.82. The lowest BCUT2D eigenvalue weighted by atomic mass is 10.3. The molecule has 0 bridgehead atoms. The molecule has 0 aliphatic carbocycles. The maximum Gasteiger partial charge on any atom is 0.353 e. The van der Waals surface area contributed by atoms with Crippen LogP contribution in [-0.4, -0.2) is 47.5 Å². The van der Waals surface area contributed by atoms with Gasteiger partial charge in [0.05, 0.1) is 11.5 Å². The first-order valence-electron chi connectivity index (χ1n) is 6.72. The zero-order valence-electron chi connectivity index (χ0n) is 12.4. The number of carbonyl (C=O) groups excluding carboxylic acids is 1. The summed E-state index contributed by atoms with van der Waals surface area (Å²) >= 11 is 0. The summed E-state index contributed by atoms with van der Waals surface area (Å²) < 4.78 is 0. The van der Waals surface area contributed by atoms with E-state index < -0.39 is 4.92 Å². The van der Waals surface area contributed by atoms with Gasteiger partial charge in [-0.1, -0.05) is 6.92 Å². The Hall–Kier alpha value is -2.45. The minimum atomic E-state index is -0.548. The zero-order valence-corrected chi connectivity index (χ0v) is 12.4. The predicted molar refractivity (Wildman–Crippen MR) is 79.4 cm³/mol. The van der Waals surface area contributed by atoms with E-state index in [0.29, 0.717) is 13.1 Å². The van der Waals surface area contributed by atoms with Crippen LogP contribution in [0.15, 0.2) is 6.33 Å². The summed E-state index contributed by atoms with van der Waals surface area (Å²) in [7, 11) is 1.58. The smallest absolute Gasteiger partial charge is 0.353 e. The van der Waals surface area contributed by atoms with E-state index in [0.717, 1.165) is 6.42 Å². The number of hydrogen-bond acceptors (Lipinski definition) is 7. The van der Waals surface area contributed by atoms with Crippen LogP contribution in [0.3, 0.4) is 0 Å². The first-order valence-corrected chi connectivity index (χ1v) is 6.72. The van der Waals surface area contributed by atoms with Gasteiger partial charge in [0.15, 0.2) is 0 Å². The second kappa shape index (κ2) is 7.98. The number of nitrogens with zero attached hydrogens (tertiary/aromatic N) is 4. The zero-order chi connectivity index (χ0) is 15.8. The van der Waals surface area contributed by atoms with E-state index in [-0.39, 0.29) is 29.8 Å². The molecule has 0 saturated carbocycles. The Morgan fingerprint density at radius 2 is 2.14 bits per heavy atom. The molecular weight excluding hydrogens is 276 g/mol. The van der Waals surface area contributed by atoms with Crippen LogP contribution in [0.2, 0.25) is 0 Å². The van der Waals surface area contributed by atoms with Gasteiger partial charge >= 0.3 is 5.69 Å². The van der Waals surface area contributed by atoms with Crippen molar-refractivity contribution >= 4 is 23.2 Å². The largest absolute Gasteiger partial charge is 0.364 e. The van der Waals surface area contributed by atoms with E-state index in [1.165, 1.54) is 11.2 Å². The van der Waals surface area contributed by atoms with Crippen LogP contribution in [0, 0.1) is 10.1 Å². The van der Waals surface area contributed by atoms with Crippen molar-refractivity contribution in [2.24, 2.45) is 0 Å². The van der Waals surface area contributed by atoms with Gasteiger partial charge in [-0.25, -0.2) is 9.97 Å². The van der Waals surface area contributed by atoms with E-state index in [2.05, 4.69) is 20.6 Å². The highest BCUT2D eigenvalue weighted by Crippen LogP contribution is 2.30. The third-order valence-corrected chi connectivity index (χ3v) is 2.64. The molecule has 0 aliphatic rings. The Kier molecular flexibility index (Phi) is 6.31. The second-order valence-corrected chi connectivity index (χ2v) is 4.39. The van der Waals surface area contributed by atoms with Crippen LogP contribution >= 0.6 is 0 Å². The molecule has 0 aliphatic heterocycles. The van der Waals surface area contributed by atoms with Crippen molar-refractivity contribution in [2.75, 3.05) is 36.9 Å².